The summed E-state index contributed by atoms with van der Waals surface area (Å²) in [6, 6.07) is 6.27. The fourth-order valence-electron chi connectivity index (χ4n) is 4.63. The number of fused-ring (bicyclic) bond motifs is 2. The second-order valence-electron chi connectivity index (χ2n) is 9.65. The van der Waals surface area contributed by atoms with E-state index in [2.05, 4.69) is 33.5 Å². The largest absolute Gasteiger partial charge is 0.444 e. The van der Waals surface area contributed by atoms with E-state index in [1.165, 1.54) is 11.1 Å². The molecule has 174 valence electrons. The molecule has 8 heteroatoms. The molecular formula is C25H29ClN4O3. The van der Waals surface area contributed by atoms with Crippen molar-refractivity contribution in [2.75, 3.05) is 26.3 Å². The van der Waals surface area contributed by atoms with Crippen LogP contribution in [0.1, 0.15) is 43.5 Å². The van der Waals surface area contributed by atoms with Crippen molar-refractivity contribution in [2.24, 2.45) is 0 Å². The molecule has 1 aromatic carbocycles. The summed E-state index contributed by atoms with van der Waals surface area (Å²) in [7, 11) is 0. The molecule has 2 aromatic heterocycles. The van der Waals surface area contributed by atoms with Crippen LogP contribution >= 0.6 is 11.6 Å². The van der Waals surface area contributed by atoms with Gasteiger partial charge < -0.3 is 19.8 Å². The maximum atomic E-state index is 13.1. The summed E-state index contributed by atoms with van der Waals surface area (Å²) in [6.07, 6.45) is 4.24. The van der Waals surface area contributed by atoms with E-state index >= 15 is 0 Å². The fourth-order valence-corrected chi connectivity index (χ4v) is 4.82. The Kier molecular flexibility index (Phi) is 5.80. The molecule has 1 fully saturated rings. The van der Waals surface area contributed by atoms with Gasteiger partial charge in [0.25, 0.3) is 0 Å². The lowest BCUT2D eigenvalue weighted by Gasteiger charge is -2.38. The van der Waals surface area contributed by atoms with Crippen molar-refractivity contribution >= 4 is 28.7 Å². The number of carbonyl (C=O) groups excluding carboxylic acids is 1. The molecule has 0 saturated carbocycles. The molecule has 4 heterocycles. The number of benzene rings is 1. The molecular weight excluding hydrogens is 440 g/mol. The summed E-state index contributed by atoms with van der Waals surface area (Å²) >= 11 is 6.35. The quantitative estimate of drug-likeness (QED) is 0.562. The number of carbonyl (C=O) groups is 1. The highest BCUT2D eigenvalue weighted by Crippen LogP contribution is 2.36. The first kappa shape index (κ1) is 22.2. The number of hydrogen-bond donors (Lipinski definition) is 2. The van der Waals surface area contributed by atoms with Gasteiger partial charge in [-0.15, -0.1) is 0 Å². The van der Waals surface area contributed by atoms with Crippen LogP contribution in [0.25, 0.3) is 22.2 Å². The lowest BCUT2D eigenvalue weighted by Crippen LogP contribution is -2.46. The minimum absolute atomic E-state index is 0.213. The number of ether oxygens (including phenoxy) is 2. The number of nitrogens with zero attached hydrogens (tertiary/aromatic N) is 2. The second kappa shape index (κ2) is 8.63. The molecule has 5 rings (SSSR count). The van der Waals surface area contributed by atoms with Crippen LogP contribution in [0.3, 0.4) is 0 Å². The van der Waals surface area contributed by atoms with Gasteiger partial charge in [0.1, 0.15) is 11.2 Å². The van der Waals surface area contributed by atoms with Crippen molar-refractivity contribution in [2.45, 2.75) is 45.4 Å². The fraction of sp³-hybridized carbons (Fsp3) is 0.440. The van der Waals surface area contributed by atoms with Crippen LogP contribution in [0.15, 0.2) is 30.6 Å². The summed E-state index contributed by atoms with van der Waals surface area (Å²) in [5.74, 6) is 0. The van der Waals surface area contributed by atoms with Gasteiger partial charge in [0.05, 0.1) is 24.3 Å². The van der Waals surface area contributed by atoms with Crippen LogP contribution in [0, 0.1) is 0 Å². The van der Waals surface area contributed by atoms with Gasteiger partial charge in [-0.05, 0) is 68.1 Å². The highest BCUT2D eigenvalue weighted by Gasteiger charge is 2.34. The standard InChI is InChI=1S/C25H29ClN4O3/c1-25(2,3)33-24(31)30-6-7-32-14-22(30)18-9-16(8-15-4-5-27-12-20(15)18)17-10-19-21(26)13-29-23(19)28-11-17/h8-11,13,22,27H,4-7,12,14H2,1-3H3,(H,28,29)/t22-/m0/s1. The average molecular weight is 469 g/mol. The molecule has 0 bridgehead atoms. The molecule has 33 heavy (non-hydrogen) atoms. The third-order valence-electron chi connectivity index (χ3n) is 6.18. The molecule has 0 aliphatic carbocycles. The zero-order valence-electron chi connectivity index (χ0n) is 19.2. The van der Waals surface area contributed by atoms with Crippen LogP contribution in [-0.4, -0.2) is 52.9 Å². The van der Waals surface area contributed by atoms with Gasteiger partial charge in [0, 0.05) is 36.4 Å². The highest BCUT2D eigenvalue weighted by atomic mass is 35.5. The number of rotatable bonds is 2. The van der Waals surface area contributed by atoms with Crippen molar-refractivity contribution in [3.8, 4) is 11.1 Å². The SMILES string of the molecule is CC(C)(C)OC(=O)N1CCOC[C@H]1c1cc(-c2cnc3[nH]cc(Cl)c3c2)cc2c1CNCC2. The zero-order valence-corrected chi connectivity index (χ0v) is 20.0. The Balaban J connectivity index is 1.59. The highest BCUT2D eigenvalue weighted by molar-refractivity contribution is 6.35. The van der Waals surface area contributed by atoms with Crippen LogP contribution in [0.5, 0.6) is 0 Å². The van der Waals surface area contributed by atoms with E-state index in [9.17, 15) is 4.79 Å². The monoisotopic (exact) mass is 468 g/mol. The molecule has 2 aliphatic heterocycles. The van der Waals surface area contributed by atoms with Gasteiger partial charge in [-0.3, -0.25) is 4.90 Å². The first-order chi connectivity index (χ1) is 15.8. The van der Waals surface area contributed by atoms with Gasteiger partial charge in [-0.1, -0.05) is 17.7 Å². The maximum absolute atomic E-state index is 13.1. The van der Waals surface area contributed by atoms with Gasteiger partial charge in [0.15, 0.2) is 0 Å². The molecule has 1 atom stereocenters. The molecule has 1 saturated heterocycles. The molecule has 2 aliphatic rings. The summed E-state index contributed by atoms with van der Waals surface area (Å²) in [4.78, 5) is 22.5. The molecule has 2 N–H and O–H groups in total. The number of morpholine rings is 1. The number of amides is 1. The van der Waals surface area contributed by atoms with E-state index < -0.39 is 5.60 Å². The lowest BCUT2D eigenvalue weighted by atomic mass is 9.87. The van der Waals surface area contributed by atoms with Crippen molar-refractivity contribution in [3.05, 3.63) is 52.3 Å². The predicted octanol–water partition coefficient (Wildman–Crippen LogP) is 4.84. The van der Waals surface area contributed by atoms with E-state index in [1.54, 1.807) is 6.20 Å². The first-order valence-electron chi connectivity index (χ1n) is 11.4. The van der Waals surface area contributed by atoms with E-state index in [-0.39, 0.29) is 12.1 Å². The Hall–Kier alpha value is -2.61. The minimum atomic E-state index is -0.556. The summed E-state index contributed by atoms with van der Waals surface area (Å²) < 4.78 is 11.6. The Morgan fingerprint density at radius 3 is 2.94 bits per heavy atom. The molecule has 1 amide bonds. The molecule has 3 aromatic rings. The Labute approximate surface area is 198 Å². The number of aromatic nitrogens is 2. The first-order valence-corrected chi connectivity index (χ1v) is 11.7. The number of pyridine rings is 1. The average Bonchev–Trinajstić information content (AvgIpc) is 3.17. The van der Waals surface area contributed by atoms with Gasteiger partial charge >= 0.3 is 6.09 Å². The van der Waals surface area contributed by atoms with E-state index in [0.717, 1.165) is 47.2 Å². The topological polar surface area (TPSA) is 79.5 Å². The smallest absolute Gasteiger partial charge is 0.410 e. The Bertz CT molecular complexity index is 1200. The summed E-state index contributed by atoms with van der Waals surface area (Å²) in [5.41, 5.74) is 5.89. The normalized spacial score (nSPS) is 18.9. The third-order valence-corrected chi connectivity index (χ3v) is 6.49. The third kappa shape index (κ3) is 4.45. The van der Waals surface area contributed by atoms with Gasteiger partial charge in [0.2, 0.25) is 0 Å². The van der Waals surface area contributed by atoms with Crippen molar-refractivity contribution in [1.82, 2.24) is 20.2 Å². The molecule has 7 nitrogen and oxygen atoms in total. The van der Waals surface area contributed by atoms with Crippen molar-refractivity contribution in [1.29, 1.82) is 0 Å². The lowest BCUT2D eigenvalue weighted by molar-refractivity contribution is -0.0333. The number of hydrogen-bond acceptors (Lipinski definition) is 5. The number of aromatic amines is 1. The van der Waals surface area contributed by atoms with Crippen LogP contribution in [0.4, 0.5) is 4.79 Å². The predicted molar refractivity (Wildman–Crippen MR) is 128 cm³/mol. The van der Waals surface area contributed by atoms with E-state index in [1.807, 2.05) is 31.9 Å². The minimum Gasteiger partial charge on any atom is -0.444 e. The summed E-state index contributed by atoms with van der Waals surface area (Å²) in [6.45, 7) is 8.81. The maximum Gasteiger partial charge on any atom is 0.410 e. The van der Waals surface area contributed by atoms with Gasteiger partial charge in [-0.25, -0.2) is 9.78 Å². The van der Waals surface area contributed by atoms with Crippen LogP contribution < -0.4 is 5.32 Å². The van der Waals surface area contributed by atoms with Crippen LogP contribution in [0.2, 0.25) is 5.02 Å². The zero-order chi connectivity index (χ0) is 23.2. The van der Waals surface area contributed by atoms with E-state index in [4.69, 9.17) is 21.1 Å². The Morgan fingerprint density at radius 1 is 1.27 bits per heavy atom. The second-order valence-corrected chi connectivity index (χ2v) is 10.1. The van der Waals surface area contributed by atoms with Crippen LogP contribution in [-0.2, 0) is 22.4 Å². The molecule has 0 spiro atoms. The number of nitrogens with one attached hydrogen (secondary N) is 2. The van der Waals surface area contributed by atoms with Crippen molar-refractivity contribution < 1.29 is 14.3 Å². The summed E-state index contributed by atoms with van der Waals surface area (Å²) in [5, 5.41) is 5.03. The molecule has 0 radical (unpaired) electrons. The van der Waals surface area contributed by atoms with Gasteiger partial charge in [-0.2, -0.15) is 0 Å². The van der Waals surface area contributed by atoms with Crippen molar-refractivity contribution in [3.63, 3.8) is 0 Å². The number of halogens is 1. The van der Waals surface area contributed by atoms with E-state index in [0.29, 0.717) is 24.8 Å². The number of H-pyrrole nitrogens is 1. The molecule has 0 unspecified atom stereocenters. The Morgan fingerprint density at radius 2 is 2.12 bits per heavy atom.